The summed E-state index contributed by atoms with van der Waals surface area (Å²) in [5.41, 5.74) is 5.73. The van der Waals surface area contributed by atoms with Gasteiger partial charge in [0.25, 0.3) is 0 Å². The van der Waals surface area contributed by atoms with Gasteiger partial charge in [-0.05, 0) is 12.8 Å². The summed E-state index contributed by atoms with van der Waals surface area (Å²) < 4.78 is 0. The Kier molecular flexibility index (Phi) is 3.33. The number of hydrogen-bond donors (Lipinski definition) is 1. The van der Waals surface area contributed by atoms with Crippen molar-refractivity contribution < 1.29 is 4.92 Å². The number of anilines is 1. The lowest BCUT2D eigenvalue weighted by Crippen LogP contribution is -2.03. The zero-order chi connectivity index (χ0) is 10.6. The van der Waals surface area contributed by atoms with Crippen molar-refractivity contribution >= 4 is 11.6 Å². The Labute approximate surface area is 81.3 Å². The summed E-state index contributed by atoms with van der Waals surface area (Å²) in [6.45, 7) is 2.01. The third-order valence-electron chi connectivity index (χ3n) is 1.83. The fourth-order valence-corrected chi connectivity index (χ4v) is 1.11. The number of nitro groups is 1. The number of nitrogens with two attached hydrogens (primary N) is 1. The van der Waals surface area contributed by atoms with E-state index in [0.717, 1.165) is 19.0 Å². The van der Waals surface area contributed by atoms with E-state index in [1.165, 1.54) is 0 Å². The molecule has 1 aromatic rings. The van der Waals surface area contributed by atoms with Gasteiger partial charge in [0.1, 0.15) is 11.9 Å². The molecule has 0 saturated heterocycles. The van der Waals surface area contributed by atoms with Crippen molar-refractivity contribution in [3.8, 4) is 0 Å². The van der Waals surface area contributed by atoms with Gasteiger partial charge in [0.15, 0.2) is 0 Å². The predicted octanol–water partition coefficient (Wildman–Crippen LogP) is 1.31. The van der Waals surface area contributed by atoms with Crippen molar-refractivity contribution in [2.24, 2.45) is 0 Å². The van der Waals surface area contributed by atoms with E-state index in [-0.39, 0.29) is 11.6 Å². The third-order valence-corrected chi connectivity index (χ3v) is 1.83. The van der Waals surface area contributed by atoms with E-state index in [1.54, 1.807) is 0 Å². The second-order valence-electron chi connectivity index (χ2n) is 2.92. The molecule has 76 valence electrons. The van der Waals surface area contributed by atoms with E-state index < -0.39 is 4.92 Å². The summed E-state index contributed by atoms with van der Waals surface area (Å²) in [6, 6.07) is 0. The highest BCUT2D eigenvalue weighted by Gasteiger charge is 2.15. The lowest BCUT2D eigenvalue weighted by Gasteiger charge is -2.00. The van der Waals surface area contributed by atoms with Gasteiger partial charge in [-0.25, -0.2) is 9.97 Å². The summed E-state index contributed by atoms with van der Waals surface area (Å²) in [5.74, 6) is 0.0849. The molecule has 6 heteroatoms. The van der Waals surface area contributed by atoms with Gasteiger partial charge in [0.05, 0.1) is 4.92 Å². The van der Waals surface area contributed by atoms with E-state index in [1.807, 2.05) is 6.92 Å². The molecule has 0 aliphatic rings. The molecule has 0 unspecified atom stereocenters. The molecule has 1 rings (SSSR count). The largest absolute Gasteiger partial charge is 0.368 e. The summed E-state index contributed by atoms with van der Waals surface area (Å²) in [5, 5.41) is 10.6. The first-order chi connectivity index (χ1) is 6.65. The van der Waals surface area contributed by atoms with E-state index in [0.29, 0.717) is 12.1 Å². The maximum atomic E-state index is 10.6. The van der Waals surface area contributed by atoms with Gasteiger partial charge in [-0.2, -0.15) is 0 Å². The van der Waals surface area contributed by atoms with Gasteiger partial charge in [-0.1, -0.05) is 13.3 Å². The van der Waals surface area contributed by atoms with Crippen LogP contribution in [0.25, 0.3) is 0 Å². The van der Waals surface area contributed by atoms with Crippen LogP contribution in [-0.2, 0) is 6.42 Å². The van der Waals surface area contributed by atoms with Gasteiger partial charge >= 0.3 is 5.69 Å². The number of rotatable bonds is 4. The van der Waals surface area contributed by atoms with Crippen LogP contribution in [0, 0.1) is 10.1 Å². The molecule has 0 saturated carbocycles. The van der Waals surface area contributed by atoms with Gasteiger partial charge < -0.3 is 5.73 Å². The quantitative estimate of drug-likeness (QED) is 0.578. The zero-order valence-electron chi connectivity index (χ0n) is 7.93. The molecule has 0 aromatic carbocycles. The molecule has 0 amide bonds. The molecule has 0 spiro atoms. The number of aryl methyl sites for hydroxylation is 1. The molecule has 0 fully saturated rings. The van der Waals surface area contributed by atoms with Crippen LogP contribution in [0.1, 0.15) is 25.5 Å². The van der Waals surface area contributed by atoms with Crippen molar-refractivity contribution in [3.05, 3.63) is 22.0 Å². The third kappa shape index (κ3) is 2.38. The minimum atomic E-state index is -0.482. The molecule has 1 aromatic heterocycles. The summed E-state index contributed by atoms with van der Waals surface area (Å²) >= 11 is 0. The molecular weight excluding hydrogens is 184 g/mol. The molecule has 0 aliphatic heterocycles. The smallest absolute Gasteiger partial charge is 0.309 e. The SMILES string of the molecule is CCCCc1nc(N)ncc1[N+](=O)[O-]. The standard InChI is InChI=1S/C8H12N4O2/c1-2-3-4-6-7(12(13)14)5-10-8(9)11-6/h5H,2-4H2,1H3,(H2,9,10,11). The zero-order valence-corrected chi connectivity index (χ0v) is 7.93. The van der Waals surface area contributed by atoms with E-state index in [9.17, 15) is 10.1 Å². The fraction of sp³-hybridized carbons (Fsp3) is 0.500. The summed E-state index contributed by atoms with van der Waals surface area (Å²) in [6.07, 6.45) is 3.55. The molecule has 0 atom stereocenters. The number of aromatic nitrogens is 2. The van der Waals surface area contributed by atoms with Crippen molar-refractivity contribution in [1.82, 2.24) is 9.97 Å². The van der Waals surface area contributed by atoms with Crippen LogP contribution < -0.4 is 5.73 Å². The van der Waals surface area contributed by atoms with Crippen LogP contribution in [0.5, 0.6) is 0 Å². The highest BCUT2D eigenvalue weighted by Crippen LogP contribution is 2.17. The van der Waals surface area contributed by atoms with E-state index >= 15 is 0 Å². The Hall–Kier alpha value is -1.72. The molecule has 6 nitrogen and oxygen atoms in total. The Morgan fingerprint density at radius 3 is 2.93 bits per heavy atom. The number of nitrogen functional groups attached to an aromatic ring is 1. The lowest BCUT2D eigenvalue weighted by atomic mass is 10.2. The lowest BCUT2D eigenvalue weighted by molar-refractivity contribution is -0.386. The van der Waals surface area contributed by atoms with Crippen molar-refractivity contribution in [1.29, 1.82) is 0 Å². The summed E-state index contributed by atoms with van der Waals surface area (Å²) in [4.78, 5) is 17.6. The Balaban J connectivity index is 2.97. The Bertz CT molecular complexity index is 340. The topological polar surface area (TPSA) is 94.9 Å². The normalized spacial score (nSPS) is 10.1. The van der Waals surface area contributed by atoms with Gasteiger partial charge in [-0.15, -0.1) is 0 Å². The second kappa shape index (κ2) is 4.50. The van der Waals surface area contributed by atoms with Gasteiger partial charge in [0.2, 0.25) is 5.95 Å². The highest BCUT2D eigenvalue weighted by atomic mass is 16.6. The molecule has 0 radical (unpaired) electrons. The van der Waals surface area contributed by atoms with Crippen molar-refractivity contribution in [2.45, 2.75) is 26.2 Å². The number of hydrogen-bond acceptors (Lipinski definition) is 5. The molecule has 2 N–H and O–H groups in total. The van der Waals surface area contributed by atoms with Gasteiger partial charge in [0, 0.05) is 0 Å². The predicted molar refractivity (Wildman–Crippen MR) is 51.7 cm³/mol. The van der Waals surface area contributed by atoms with Crippen LogP contribution in [0.3, 0.4) is 0 Å². The van der Waals surface area contributed by atoms with Crippen LogP contribution in [0.15, 0.2) is 6.20 Å². The summed E-state index contributed by atoms with van der Waals surface area (Å²) in [7, 11) is 0. The molecule has 0 aliphatic carbocycles. The first-order valence-corrected chi connectivity index (χ1v) is 4.41. The maximum absolute atomic E-state index is 10.6. The minimum absolute atomic E-state index is 0.0485. The highest BCUT2D eigenvalue weighted by molar-refractivity contribution is 5.36. The molecule has 14 heavy (non-hydrogen) atoms. The number of unbranched alkanes of at least 4 members (excludes halogenated alkanes) is 1. The van der Waals surface area contributed by atoms with Crippen molar-refractivity contribution in [2.75, 3.05) is 5.73 Å². The van der Waals surface area contributed by atoms with Crippen LogP contribution in [-0.4, -0.2) is 14.9 Å². The van der Waals surface area contributed by atoms with E-state index in [4.69, 9.17) is 5.73 Å². The van der Waals surface area contributed by atoms with Gasteiger partial charge in [-0.3, -0.25) is 10.1 Å². The van der Waals surface area contributed by atoms with Crippen LogP contribution in [0.2, 0.25) is 0 Å². The van der Waals surface area contributed by atoms with Crippen LogP contribution in [0.4, 0.5) is 11.6 Å². The van der Waals surface area contributed by atoms with Crippen molar-refractivity contribution in [3.63, 3.8) is 0 Å². The first kappa shape index (κ1) is 10.4. The molecule has 0 bridgehead atoms. The maximum Gasteiger partial charge on any atom is 0.309 e. The molecule has 1 heterocycles. The average Bonchev–Trinajstić information content (AvgIpc) is 2.14. The van der Waals surface area contributed by atoms with E-state index in [2.05, 4.69) is 9.97 Å². The molecular formula is C8H12N4O2. The monoisotopic (exact) mass is 196 g/mol. The average molecular weight is 196 g/mol. The Morgan fingerprint density at radius 2 is 2.36 bits per heavy atom. The first-order valence-electron chi connectivity index (χ1n) is 4.41. The Morgan fingerprint density at radius 1 is 1.64 bits per heavy atom. The second-order valence-corrected chi connectivity index (χ2v) is 2.92. The number of nitrogens with zero attached hydrogens (tertiary/aromatic N) is 3. The van der Waals surface area contributed by atoms with Crippen LogP contribution >= 0.6 is 0 Å². The minimum Gasteiger partial charge on any atom is -0.368 e. The fourth-order valence-electron chi connectivity index (χ4n) is 1.11.